The van der Waals surface area contributed by atoms with Gasteiger partial charge < -0.3 is 15.0 Å². The number of aliphatic hydroxyl groups is 1. The minimum atomic E-state index is -1.17. The van der Waals surface area contributed by atoms with Gasteiger partial charge in [-0.2, -0.15) is 0 Å². The molecule has 66 valence electrons. The summed E-state index contributed by atoms with van der Waals surface area (Å²) in [6.45, 7) is 2.06. The minimum Gasteiger partial charge on any atom is -0.550 e. The molecule has 0 saturated carbocycles. The van der Waals surface area contributed by atoms with Crippen LogP contribution in [0.1, 0.15) is 39.0 Å². The summed E-state index contributed by atoms with van der Waals surface area (Å²) in [6, 6.07) is 0. The van der Waals surface area contributed by atoms with Crippen LogP contribution in [0.4, 0.5) is 0 Å². The molecular formula is C8H15O3-. The molecule has 0 amide bonds. The van der Waals surface area contributed by atoms with Gasteiger partial charge in [0.1, 0.15) is 0 Å². The minimum absolute atomic E-state index is 0.232. The summed E-state index contributed by atoms with van der Waals surface area (Å²) in [6.07, 6.45) is 2.64. The summed E-state index contributed by atoms with van der Waals surface area (Å²) in [5, 5.41) is 19.0. The van der Waals surface area contributed by atoms with E-state index in [1.165, 1.54) is 0 Å². The number of rotatable bonds is 6. The molecule has 3 nitrogen and oxygen atoms in total. The third-order valence-corrected chi connectivity index (χ3v) is 1.54. The van der Waals surface area contributed by atoms with E-state index in [9.17, 15) is 9.90 Å². The van der Waals surface area contributed by atoms with Crippen molar-refractivity contribution in [3.63, 3.8) is 0 Å². The highest BCUT2D eigenvalue weighted by atomic mass is 16.4. The Morgan fingerprint density at radius 2 is 2.18 bits per heavy atom. The van der Waals surface area contributed by atoms with Crippen LogP contribution >= 0.6 is 0 Å². The van der Waals surface area contributed by atoms with Gasteiger partial charge >= 0.3 is 0 Å². The van der Waals surface area contributed by atoms with Crippen molar-refractivity contribution in [2.75, 3.05) is 0 Å². The molecule has 0 aliphatic rings. The summed E-state index contributed by atoms with van der Waals surface area (Å²) < 4.78 is 0. The number of unbranched alkanes of at least 4 members (excludes halogenated alkanes) is 2. The molecule has 0 aliphatic heterocycles. The van der Waals surface area contributed by atoms with Crippen molar-refractivity contribution in [3.05, 3.63) is 0 Å². The molecule has 0 rings (SSSR count). The largest absolute Gasteiger partial charge is 0.550 e. The third kappa shape index (κ3) is 7.33. The smallest absolute Gasteiger partial charge is 0.0592 e. The van der Waals surface area contributed by atoms with E-state index in [1.807, 2.05) is 0 Å². The molecule has 0 fully saturated rings. The molecule has 0 saturated heterocycles. The first-order valence-electron chi connectivity index (χ1n) is 4.04. The zero-order valence-corrected chi connectivity index (χ0v) is 6.88. The molecule has 0 aromatic carbocycles. The Morgan fingerprint density at radius 1 is 1.55 bits per heavy atom. The average molecular weight is 159 g/mol. The zero-order chi connectivity index (χ0) is 8.69. The van der Waals surface area contributed by atoms with Crippen molar-refractivity contribution in [3.8, 4) is 0 Å². The first kappa shape index (κ1) is 10.4. The number of aliphatic carboxylic acids is 1. The van der Waals surface area contributed by atoms with Crippen LogP contribution in [0.5, 0.6) is 0 Å². The van der Waals surface area contributed by atoms with E-state index in [4.69, 9.17) is 5.11 Å². The number of carboxylic acids is 1. The van der Waals surface area contributed by atoms with Crippen molar-refractivity contribution in [2.45, 2.75) is 45.1 Å². The monoisotopic (exact) mass is 159 g/mol. The van der Waals surface area contributed by atoms with E-state index in [0.29, 0.717) is 6.42 Å². The van der Waals surface area contributed by atoms with Gasteiger partial charge in [0, 0.05) is 12.4 Å². The van der Waals surface area contributed by atoms with Gasteiger partial charge in [-0.1, -0.05) is 26.2 Å². The van der Waals surface area contributed by atoms with E-state index >= 15 is 0 Å². The Kier molecular flexibility index (Phi) is 5.84. The zero-order valence-electron chi connectivity index (χ0n) is 6.88. The van der Waals surface area contributed by atoms with Gasteiger partial charge in [0.2, 0.25) is 0 Å². The maximum Gasteiger partial charge on any atom is 0.0592 e. The molecule has 11 heavy (non-hydrogen) atoms. The van der Waals surface area contributed by atoms with Crippen LogP contribution in [0.25, 0.3) is 0 Å². The molecule has 3 heteroatoms. The maximum atomic E-state index is 9.97. The number of carboxylic acid groups (broad SMARTS) is 1. The van der Waals surface area contributed by atoms with Crippen LogP contribution in [-0.4, -0.2) is 17.2 Å². The Labute approximate surface area is 67.0 Å². The first-order valence-corrected chi connectivity index (χ1v) is 4.04. The lowest BCUT2D eigenvalue weighted by molar-refractivity contribution is -0.307. The van der Waals surface area contributed by atoms with E-state index in [1.54, 1.807) is 0 Å². The number of carbonyl (C=O) groups is 1. The van der Waals surface area contributed by atoms with Crippen LogP contribution in [-0.2, 0) is 4.79 Å². The van der Waals surface area contributed by atoms with E-state index < -0.39 is 12.1 Å². The van der Waals surface area contributed by atoms with E-state index in [-0.39, 0.29) is 6.42 Å². The lowest BCUT2D eigenvalue weighted by Crippen LogP contribution is -2.27. The molecule has 0 aromatic heterocycles. The fourth-order valence-electron chi connectivity index (χ4n) is 0.924. The van der Waals surface area contributed by atoms with E-state index in [0.717, 1.165) is 19.3 Å². The van der Waals surface area contributed by atoms with Gasteiger partial charge in [0.05, 0.1) is 6.10 Å². The van der Waals surface area contributed by atoms with Crippen molar-refractivity contribution in [2.24, 2.45) is 0 Å². The van der Waals surface area contributed by atoms with Crippen LogP contribution in [0.15, 0.2) is 0 Å². The molecule has 0 aromatic rings. The second-order valence-electron chi connectivity index (χ2n) is 2.73. The third-order valence-electron chi connectivity index (χ3n) is 1.54. The number of hydrogen-bond donors (Lipinski definition) is 1. The molecule has 1 atom stereocenters. The second kappa shape index (κ2) is 6.16. The highest BCUT2D eigenvalue weighted by Crippen LogP contribution is 2.05. The quantitative estimate of drug-likeness (QED) is 0.558. The lowest BCUT2D eigenvalue weighted by atomic mass is 10.1. The first-order chi connectivity index (χ1) is 5.16. The summed E-state index contributed by atoms with van der Waals surface area (Å²) >= 11 is 0. The van der Waals surface area contributed by atoms with Gasteiger partial charge in [0.15, 0.2) is 0 Å². The predicted octanol–water partition coefficient (Wildman–Crippen LogP) is 0.0676. The Balaban J connectivity index is 3.22. The maximum absolute atomic E-state index is 9.97. The van der Waals surface area contributed by atoms with Crippen molar-refractivity contribution >= 4 is 5.97 Å². The summed E-state index contributed by atoms with van der Waals surface area (Å²) in [5.41, 5.74) is 0. The molecule has 0 radical (unpaired) electrons. The topological polar surface area (TPSA) is 60.4 Å². The molecule has 1 unspecified atom stereocenters. The van der Waals surface area contributed by atoms with Crippen molar-refractivity contribution in [1.82, 2.24) is 0 Å². The normalized spacial score (nSPS) is 12.9. The van der Waals surface area contributed by atoms with Crippen LogP contribution in [0.2, 0.25) is 0 Å². The van der Waals surface area contributed by atoms with Crippen LogP contribution < -0.4 is 5.11 Å². The molecule has 0 heterocycles. The average Bonchev–Trinajstić information content (AvgIpc) is 1.86. The van der Waals surface area contributed by atoms with E-state index in [2.05, 4.69) is 6.92 Å². The molecular weight excluding hydrogens is 144 g/mol. The van der Waals surface area contributed by atoms with Crippen molar-refractivity contribution in [1.29, 1.82) is 0 Å². The molecule has 0 spiro atoms. The second-order valence-corrected chi connectivity index (χ2v) is 2.73. The van der Waals surface area contributed by atoms with Gasteiger partial charge in [0.25, 0.3) is 0 Å². The molecule has 1 N–H and O–H groups in total. The highest BCUT2D eigenvalue weighted by Gasteiger charge is 2.02. The molecule has 0 bridgehead atoms. The summed E-state index contributed by atoms with van der Waals surface area (Å²) in [4.78, 5) is 9.97. The number of aliphatic hydroxyl groups excluding tert-OH is 1. The standard InChI is InChI=1S/C8H16O3/c1-2-3-4-5-7(9)6-8(10)11/h7,9H,2-6H2,1H3,(H,10,11)/p-1. The van der Waals surface area contributed by atoms with Crippen LogP contribution in [0, 0.1) is 0 Å². The number of hydrogen-bond acceptors (Lipinski definition) is 3. The lowest BCUT2D eigenvalue weighted by Gasteiger charge is -2.09. The summed E-state index contributed by atoms with van der Waals surface area (Å²) in [5.74, 6) is -1.17. The fraction of sp³-hybridized carbons (Fsp3) is 0.875. The Morgan fingerprint density at radius 3 is 2.64 bits per heavy atom. The van der Waals surface area contributed by atoms with Gasteiger partial charge in [-0.05, 0) is 6.42 Å². The predicted molar refractivity (Wildman–Crippen MR) is 39.8 cm³/mol. The Bertz CT molecular complexity index is 112. The SMILES string of the molecule is CCCCCC(O)CC(=O)[O-]. The number of carbonyl (C=O) groups excluding carboxylic acids is 1. The van der Waals surface area contributed by atoms with Gasteiger partial charge in [-0.3, -0.25) is 0 Å². The van der Waals surface area contributed by atoms with Gasteiger partial charge in [-0.15, -0.1) is 0 Å². The van der Waals surface area contributed by atoms with Crippen LogP contribution in [0.3, 0.4) is 0 Å². The fourth-order valence-corrected chi connectivity index (χ4v) is 0.924. The Hall–Kier alpha value is -0.570. The van der Waals surface area contributed by atoms with Crippen molar-refractivity contribution < 1.29 is 15.0 Å². The van der Waals surface area contributed by atoms with Gasteiger partial charge in [-0.25, -0.2) is 0 Å². The molecule has 0 aliphatic carbocycles. The summed E-state index contributed by atoms with van der Waals surface area (Å²) in [7, 11) is 0. The highest BCUT2D eigenvalue weighted by molar-refractivity contribution is 5.64.